The van der Waals surface area contributed by atoms with Crippen molar-refractivity contribution in [3.05, 3.63) is 28.8 Å². The topological polar surface area (TPSA) is 23.8 Å². The number of halogens is 4. The van der Waals surface area contributed by atoms with Gasteiger partial charge < -0.3 is 12.9 Å². The molecule has 0 aliphatic heterocycles. The van der Waals surface area contributed by atoms with Crippen molar-refractivity contribution in [1.82, 2.24) is 0 Å². The van der Waals surface area contributed by atoms with Gasteiger partial charge >= 0.3 is 6.98 Å². The molecule has 0 amide bonds. The second kappa shape index (κ2) is 3.31. The van der Waals surface area contributed by atoms with Crippen LogP contribution in [0.25, 0.3) is 0 Å². The van der Waals surface area contributed by atoms with Crippen LogP contribution in [0, 0.1) is 11.3 Å². The summed E-state index contributed by atoms with van der Waals surface area (Å²) in [4.78, 5) is 0. The second-order valence-electron chi connectivity index (χ2n) is 2.43. The van der Waals surface area contributed by atoms with E-state index in [1.54, 1.807) is 6.07 Å². The molecule has 0 spiro atoms. The minimum Gasteiger partial charge on any atom is -0.445 e. The maximum Gasteiger partial charge on any atom is 0.509 e. The van der Waals surface area contributed by atoms with Gasteiger partial charge in [-0.3, -0.25) is 0 Å². The van der Waals surface area contributed by atoms with E-state index in [0.29, 0.717) is 0 Å². The highest BCUT2D eigenvalue weighted by molar-refractivity contribution is 6.73. The van der Waals surface area contributed by atoms with Crippen molar-refractivity contribution < 1.29 is 12.9 Å². The van der Waals surface area contributed by atoms with Crippen LogP contribution < -0.4 is 5.46 Å². The van der Waals surface area contributed by atoms with Crippen molar-refractivity contribution in [2.24, 2.45) is 0 Å². The lowest BCUT2D eigenvalue weighted by molar-refractivity contribution is 0.501. The number of nitrogens with zero attached hydrogens (tertiary/aromatic N) is 1. The first kappa shape index (κ1) is 9.94. The highest BCUT2D eigenvalue weighted by Crippen LogP contribution is 2.16. The smallest absolute Gasteiger partial charge is 0.445 e. The molecule has 0 unspecified atom stereocenters. The maximum absolute atomic E-state index is 12.1. The Morgan fingerprint density at radius 3 is 2.31 bits per heavy atom. The summed E-state index contributed by atoms with van der Waals surface area (Å²) in [5, 5.41) is 8.23. The molecule has 1 rings (SSSR count). The van der Waals surface area contributed by atoms with E-state index in [0.717, 1.165) is 18.2 Å². The third kappa shape index (κ3) is 2.16. The number of hydrogen-bond acceptors (Lipinski definition) is 1. The lowest BCUT2D eigenvalue weighted by Gasteiger charge is -2.14. The molecule has 68 valence electrons. The van der Waals surface area contributed by atoms with Crippen LogP contribution in [0.5, 0.6) is 0 Å². The summed E-state index contributed by atoms with van der Waals surface area (Å²) < 4.78 is 36.4. The van der Waals surface area contributed by atoms with E-state index in [1.807, 2.05) is 0 Å². The average Bonchev–Trinajstić information content (AvgIpc) is 2.02. The summed E-state index contributed by atoms with van der Waals surface area (Å²) in [6.45, 7) is -5.04. The zero-order valence-electron chi connectivity index (χ0n) is 6.27. The fourth-order valence-electron chi connectivity index (χ4n) is 0.826. The van der Waals surface area contributed by atoms with Gasteiger partial charge in [0, 0.05) is 0 Å². The molecule has 0 heterocycles. The summed E-state index contributed by atoms with van der Waals surface area (Å²) in [6, 6.07) is 4.36. The molecule has 0 saturated heterocycles. The first-order valence-electron chi connectivity index (χ1n) is 3.34. The van der Waals surface area contributed by atoms with Crippen molar-refractivity contribution in [2.45, 2.75) is 0 Å². The molecule has 1 aromatic rings. The van der Waals surface area contributed by atoms with E-state index >= 15 is 0 Å². The molecule has 0 bridgehead atoms. The normalized spacial score (nSPS) is 11.0. The predicted octanol–water partition coefficient (Wildman–Crippen LogP) is 2.27. The summed E-state index contributed by atoms with van der Waals surface area (Å²) in [7, 11) is 0. The number of rotatable bonds is 1. The van der Waals surface area contributed by atoms with Crippen LogP contribution in [0.2, 0.25) is 5.02 Å². The Balaban J connectivity index is 3.20. The van der Waals surface area contributed by atoms with Crippen molar-refractivity contribution >= 4 is 24.0 Å². The van der Waals surface area contributed by atoms with Gasteiger partial charge in [0.25, 0.3) is 0 Å². The van der Waals surface area contributed by atoms with Gasteiger partial charge in [-0.15, -0.1) is 5.46 Å². The van der Waals surface area contributed by atoms with Crippen LogP contribution in [-0.2, 0) is 0 Å². The first-order chi connectivity index (χ1) is 5.95. The van der Waals surface area contributed by atoms with Crippen molar-refractivity contribution in [3.8, 4) is 6.07 Å². The van der Waals surface area contributed by atoms with Crippen molar-refractivity contribution in [1.29, 1.82) is 5.26 Å². The predicted molar refractivity (Wildman–Crippen MR) is 44.9 cm³/mol. The highest BCUT2D eigenvalue weighted by atomic mass is 35.5. The maximum atomic E-state index is 12.1. The molecular formula is C7H3BClF3N-. The monoisotopic (exact) mass is 204 g/mol. The molecule has 0 atom stereocenters. The summed E-state index contributed by atoms with van der Waals surface area (Å²) in [5.74, 6) is 0. The third-order valence-electron chi connectivity index (χ3n) is 1.49. The fraction of sp³-hybridized carbons (Fsp3) is 0. The van der Waals surface area contributed by atoms with Crippen LogP contribution in [-0.4, -0.2) is 6.98 Å². The Morgan fingerprint density at radius 2 is 1.92 bits per heavy atom. The molecule has 0 radical (unpaired) electrons. The van der Waals surface area contributed by atoms with E-state index < -0.39 is 12.4 Å². The molecule has 0 aliphatic carbocycles. The first-order valence-corrected chi connectivity index (χ1v) is 3.72. The average molecular weight is 204 g/mol. The third-order valence-corrected chi connectivity index (χ3v) is 1.80. The number of nitriles is 1. The van der Waals surface area contributed by atoms with E-state index in [9.17, 15) is 12.9 Å². The highest BCUT2D eigenvalue weighted by Gasteiger charge is 2.25. The molecule has 1 nitrogen and oxygen atoms in total. The molecule has 6 heteroatoms. The Bertz CT molecular complexity index is 369. The standard InChI is InChI=1S/C7H3BClF3N/c9-7-3-6(8(10,11)12)2-1-5(7)4-13/h1-3H/q-1. The molecule has 13 heavy (non-hydrogen) atoms. The Kier molecular flexibility index (Phi) is 2.53. The molecular weight excluding hydrogens is 201 g/mol. The number of benzene rings is 1. The molecule has 0 fully saturated rings. The largest absolute Gasteiger partial charge is 0.509 e. The molecule has 0 N–H and O–H groups in total. The van der Waals surface area contributed by atoms with Gasteiger partial charge in [-0.2, -0.15) is 5.26 Å². The minimum atomic E-state index is -5.04. The molecule has 0 saturated carbocycles. The van der Waals surface area contributed by atoms with E-state index in [-0.39, 0.29) is 10.6 Å². The summed E-state index contributed by atoms with van der Waals surface area (Å²) in [5.41, 5.74) is -0.741. The lowest BCUT2D eigenvalue weighted by atomic mass is 9.80. The lowest BCUT2D eigenvalue weighted by Crippen LogP contribution is -2.33. The fourth-order valence-corrected chi connectivity index (χ4v) is 1.06. The molecule has 0 aliphatic rings. The van der Waals surface area contributed by atoms with Gasteiger partial charge in [0.1, 0.15) is 6.07 Å². The van der Waals surface area contributed by atoms with Gasteiger partial charge in [0.2, 0.25) is 0 Å². The number of hydrogen-bond donors (Lipinski definition) is 0. The van der Waals surface area contributed by atoms with Gasteiger partial charge in [-0.1, -0.05) is 23.7 Å². The van der Waals surface area contributed by atoms with Crippen LogP contribution in [0.4, 0.5) is 12.9 Å². The Morgan fingerprint density at radius 1 is 1.31 bits per heavy atom. The van der Waals surface area contributed by atoms with Crippen molar-refractivity contribution in [2.75, 3.05) is 0 Å². The zero-order chi connectivity index (χ0) is 10.1. The summed E-state index contributed by atoms with van der Waals surface area (Å²) >= 11 is 5.42. The summed E-state index contributed by atoms with van der Waals surface area (Å²) in [6.07, 6.45) is 0. The molecule has 0 aromatic heterocycles. The zero-order valence-corrected chi connectivity index (χ0v) is 7.02. The van der Waals surface area contributed by atoms with Crippen LogP contribution >= 0.6 is 11.6 Å². The second-order valence-corrected chi connectivity index (χ2v) is 2.83. The van der Waals surface area contributed by atoms with Crippen LogP contribution in [0.15, 0.2) is 18.2 Å². The van der Waals surface area contributed by atoms with Gasteiger partial charge in [-0.25, -0.2) is 0 Å². The van der Waals surface area contributed by atoms with Crippen LogP contribution in [0.1, 0.15) is 5.56 Å². The van der Waals surface area contributed by atoms with Crippen molar-refractivity contribution in [3.63, 3.8) is 0 Å². The quantitative estimate of drug-likeness (QED) is 0.644. The van der Waals surface area contributed by atoms with Gasteiger partial charge in [-0.05, 0) is 6.07 Å². The Hall–Kier alpha value is -1.15. The Labute approximate surface area is 77.8 Å². The SMILES string of the molecule is N#Cc1ccc([B-](F)(F)F)cc1Cl. The van der Waals surface area contributed by atoms with Gasteiger partial charge in [0.05, 0.1) is 10.6 Å². The molecule has 1 aromatic carbocycles. The van der Waals surface area contributed by atoms with Crippen LogP contribution in [0.3, 0.4) is 0 Å². The minimum absolute atomic E-state index is 0.0467. The van der Waals surface area contributed by atoms with E-state index in [2.05, 4.69) is 0 Å². The van der Waals surface area contributed by atoms with E-state index in [4.69, 9.17) is 16.9 Å². The van der Waals surface area contributed by atoms with Gasteiger partial charge in [0.15, 0.2) is 0 Å². The van der Waals surface area contributed by atoms with E-state index in [1.165, 1.54) is 0 Å².